The fourth-order valence-corrected chi connectivity index (χ4v) is 3.70. The molecular formula is C24H15ClN6O4. The van der Waals surface area contributed by atoms with Gasteiger partial charge in [0, 0.05) is 33.8 Å². The van der Waals surface area contributed by atoms with Crippen LogP contribution in [-0.2, 0) is 0 Å². The highest BCUT2D eigenvalue weighted by atomic mass is 35.5. The van der Waals surface area contributed by atoms with Gasteiger partial charge in [-0.1, -0.05) is 54.1 Å². The summed E-state index contributed by atoms with van der Waals surface area (Å²) in [5.74, 6) is -0.591. The average Bonchev–Trinajstić information content (AvgIpc) is 3.31. The van der Waals surface area contributed by atoms with E-state index in [2.05, 4.69) is 20.6 Å². The van der Waals surface area contributed by atoms with Crippen LogP contribution in [0.25, 0.3) is 33.7 Å². The number of nitrogens with zero attached hydrogens (tertiary/aromatic N) is 4. The number of nitrogens with one attached hydrogen (secondary N) is 2. The molecule has 2 heterocycles. The van der Waals surface area contributed by atoms with Crippen LogP contribution in [0.4, 0.5) is 5.69 Å². The van der Waals surface area contributed by atoms with Crippen LogP contribution in [0.2, 0.25) is 5.02 Å². The van der Waals surface area contributed by atoms with Gasteiger partial charge in [0.1, 0.15) is 11.2 Å². The van der Waals surface area contributed by atoms with E-state index in [-0.39, 0.29) is 33.7 Å². The van der Waals surface area contributed by atoms with Crippen molar-refractivity contribution in [3.05, 3.63) is 110 Å². The summed E-state index contributed by atoms with van der Waals surface area (Å²) in [5.41, 5.74) is 3.71. The van der Waals surface area contributed by atoms with Gasteiger partial charge >= 0.3 is 0 Å². The van der Waals surface area contributed by atoms with Gasteiger partial charge in [-0.2, -0.15) is 9.77 Å². The van der Waals surface area contributed by atoms with Crippen molar-refractivity contribution in [1.82, 2.24) is 19.9 Å². The van der Waals surface area contributed by atoms with E-state index in [0.29, 0.717) is 10.7 Å². The van der Waals surface area contributed by atoms with E-state index in [0.717, 1.165) is 10.2 Å². The molecule has 0 fully saturated rings. The number of non-ortho nitro benzene ring substituents is 1. The Morgan fingerprint density at radius 3 is 2.43 bits per heavy atom. The summed E-state index contributed by atoms with van der Waals surface area (Å²) < 4.78 is 0.950. The van der Waals surface area contributed by atoms with Gasteiger partial charge in [-0.25, -0.2) is 4.98 Å². The molecule has 0 aliphatic rings. The fourth-order valence-electron chi connectivity index (χ4n) is 3.58. The van der Waals surface area contributed by atoms with Gasteiger partial charge in [-0.3, -0.25) is 30.2 Å². The van der Waals surface area contributed by atoms with Crippen LogP contribution in [0.5, 0.6) is 0 Å². The van der Waals surface area contributed by atoms with E-state index in [1.165, 1.54) is 30.3 Å². The Morgan fingerprint density at radius 2 is 1.71 bits per heavy atom. The first kappa shape index (κ1) is 22.0. The number of carbonyl (C=O) groups excluding carboxylic acids is 1. The number of rotatable bonds is 5. The van der Waals surface area contributed by atoms with Crippen LogP contribution in [0, 0.1) is 10.1 Å². The highest BCUT2D eigenvalue weighted by Crippen LogP contribution is 2.27. The first-order chi connectivity index (χ1) is 16.9. The Balaban J connectivity index is 1.72. The lowest BCUT2D eigenvalue weighted by Gasteiger charge is -2.14. The van der Waals surface area contributed by atoms with Crippen molar-refractivity contribution in [3.63, 3.8) is 0 Å². The third-order valence-electron chi connectivity index (χ3n) is 5.27. The minimum Gasteiger partial charge on any atom is -0.270 e. The molecule has 2 aromatic heterocycles. The summed E-state index contributed by atoms with van der Waals surface area (Å²) in [6, 6.07) is 20.9. The molecule has 5 rings (SSSR count). The molecule has 172 valence electrons. The SMILES string of the molecule is O=C(Nn1c(-c2cccc([N+](=O)[O-])c2)nc2c(-c3ccccc3)n[nH]c2c1=O)c1ccc(Cl)cc1. The van der Waals surface area contributed by atoms with E-state index in [9.17, 15) is 19.7 Å². The standard InChI is InChI=1S/C24H15ClN6O4/c25-17-11-9-15(10-12-17)23(32)29-30-22(16-7-4-8-18(13-16)31(34)35)26-20-19(14-5-2-1-3-6-14)27-28-21(20)24(30)33/h1-13H,(H,27,28)(H,29,32). The van der Waals surface area contributed by atoms with Crippen molar-refractivity contribution in [2.45, 2.75) is 0 Å². The van der Waals surface area contributed by atoms with Crippen molar-refractivity contribution in [1.29, 1.82) is 0 Å². The molecule has 0 spiro atoms. The maximum absolute atomic E-state index is 13.5. The number of nitro groups is 1. The van der Waals surface area contributed by atoms with Crippen molar-refractivity contribution in [2.24, 2.45) is 0 Å². The Bertz CT molecular complexity index is 1650. The van der Waals surface area contributed by atoms with Crippen molar-refractivity contribution >= 4 is 34.2 Å². The summed E-state index contributed by atoms with van der Waals surface area (Å²) in [6.07, 6.45) is 0. The number of amides is 1. The second-order valence-electron chi connectivity index (χ2n) is 7.49. The molecule has 2 N–H and O–H groups in total. The Morgan fingerprint density at radius 1 is 1.00 bits per heavy atom. The predicted molar refractivity (Wildman–Crippen MR) is 131 cm³/mol. The van der Waals surface area contributed by atoms with Gasteiger partial charge in [0.2, 0.25) is 0 Å². The van der Waals surface area contributed by atoms with Gasteiger partial charge in [-0.15, -0.1) is 0 Å². The summed E-state index contributed by atoms with van der Waals surface area (Å²) >= 11 is 5.90. The summed E-state index contributed by atoms with van der Waals surface area (Å²) in [4.78, 5) is 41.8. The zero-order valence-electron chi connectivity index (χ0n) is 17.8. The van der Waals surface area contributed by atoms with Crippen molar-refractivity contribution in [2.75, 3.05) is 5.43 Å². The molecule has 11 heteroatoms. The van der Waals surface area contributed by atoms with Crippen LogP contribution < -0.4 is 11.0 Å². The maximum atomic E-state index is 13.5. The lowest BCUT2D eigenvalue weighted by atomic mass is 10.1. The number of halogens is 1. The molecule has 0 unspecified atom stereocenters. The molecule has 0 saturated heterocycles. The molecule has 1 amide bonds. The van der Waals surface area contributed by atoms with Crippen LogP contribution in [-0.4, -0.2) is 30.7 Å². The lowest BCUT2D eigenvalue weighted by Crippen LogP contribution is -2.35. The van der Waals surface area contributed by atoms with E-state index >= 15 is 0 Å². The van der Waals surface area contributed by atoms with E-state index < -0.39 is 16.4 Å². The minimum atomic E-state index is -0.631. The molecule has 0 saturated carbocycles. The topological polar surface area (TPSA) is 136 Å². The Labute approximate surface area is 201 Å². The van der Waals surface area contributed by atoms with E-state index in [1.54, 1.807) is 18.2 Å². The Kier molecular flexibility index (Phi) is 5.55. The van der Waals surface area contributed by atoms with Crippen LogP contribution in [0.15, 0.2) is 83.7 Å². The zero-order valence-corrected chi connectivity index (χ0v) is 18.6. The highest BCUT2D eigenvalue weighted by molar-refractivity contribution is 6.30. The molecule has 0 aliphatic heterocycles. The van der Waals surface area contributed by atoms with E-state index in [1.807, 2.05) is 30.3 Å². The molecule has 35 heavy (non-hydrogen) atoms. The number of benzene rings is 3. The highest BCUT2D eigenvalue weighted by Gasteiger charge is 2.21. The number of hydrogen-bond donors (Lipinski definition) is 2. The predicted octanol–water partition coefficient (Wildman–Crippen LogP) is 4.40. The number of H-pyrrole nitrogens is 1. The molecule has 5 aromatic rings. The number of nitro benzene ring substituents is 1. The molecule has 0 aliphatic carbocycles. The second kappa shape index (κ2) is 8.84. The number of aromatic amines is 1. The quantitative estimate of drug-likeness (QED) is 0.279. The molecule has 10 nitrogen and oxygen atoms in total. The molecule has 0 bridgehead atoms. The zero-order chi connectivity index (χ0) is 24.5. The normalized spacial score (nSPS) is 10.9. The van der Waals surface area contributed by atoms with Crippen LogP contribution in [0.1, 0.15) is 10.4 Å². The smallest absolute Gasteiger partial charge is 0.270 e. The molecule has 0 radical (unpaired) electrons. The molecular weight excluding hydrogens is 472 g/mol. The van der Waals surface area contributed by atoms with Gasteiger partial charge < -0.3 is 0 Å². The lowest BCUT2D eigenvalue weighted by molar-refractivity contribution is -0.384. The van der Waals surface area contributed by atoms with E-state index in [4.69, 9.17) is 11.6 Å². The number of hydrogen-bond acceptors (Lipinski definition) is 6. The first-order valence-electron chi connectivity index (χ1n) is 10.3. The number of aromatic nitrogens is 4. The van der Waals surface area contributed by atoms with Gasteiger partial charge in [-0.05, 0) is 24.3 Å². The third kappa shape index (κ3) is 4.13. The average molecular weight is 487 g/mol. The van der Waals surface area contributed by atoms with Crippen LogP contribution >= 0.6 is 11.6 Å². The third-order valence-corrected chi connectivity index (χ3v) is 5.52. The number of carbonyl (C=O) groups is 1. The molecule has 3 aromatic carbocycles. The Hall–Kier alpha value is -4.83. The summed E-state index contributed by atoms with van der Waals surface area (Å²) in [7, 11) is 0. The van der Waals surface area contributed by atoms with Gasteiger partial charge in [0.05, 0.1) is 4.92 Å². The van der Waals surface area contributed by atoms with Crippen molar-refractivity contribution in [3.8, 4) is 22.6 Å². The molecule has 0 atom stereocenters. The fraction of sp³-hybridized carbons (Fsp3) is 0. The largest absolute Gasteiger partial charge is 0.298 e. The maximum Gasteiger partial charge on any atom is 0.298 e. The monoisotopic (exact) mass is 486 g/mol. The van der Waals surface area contributed by atoms with Gasteiger partial charge in [0.15, 0.2) is 11.3 Å². The number of fused-ring (bicyclic) bond motifs is 1. The minimum absolute atomic E-state index is 0.00657. The summed E-state index contributed by atoms with van der Waals surface area (Å²) in [6.45, 7) is 0. The summed E-state index contributed by atoms with van der Waals surface area (Å²) in [5, 5.41) is 18.8. The van der Waals surface area contributed by atoms with Gasteiger partial charge in [0.25, 0.3) is 17.2 Å². The van der Waals surface area contributed by atoms with Crippen LogP contribution in [0.3, 0.4) is 0 Å². The second-order valence-corrected chi connectivity index (χ2v) is 7.93. The van der Waals surface area contributed by atoms with Crippen molar-refractivity contribution < 1.29 is 9.72 Å². The first-order valence-corrected chi connectivity index (χ1v) is 10.7.